The van der Waals surface area contributed by atoms with E-state index in [-0.39, 0.29) is 17.9 Å². The summed E-state index contributed by atoms with van der Waals surface area (Å²) in [5.41, 5.74) is 3.11. The number of benzene rings is 3. The van der Waals surface area contributed by atoms with Crippen LogP contribution in [0, 0.1) is 13.7 Å². The molecule has 9 nitrogen and oxygen atoms in total. The summed E-state index contributed by atoms with van der Waals surface area (Å²) in [5, 5.41) is 25.2. The molecule has 176 valence electrons. The molecule has 0 aromatic heterocycles. The fourth-order valence-corrected chi connectivity index (χ4v) is 3.85. The number of aromatic hydroxyl groups is 1. The molecule has 34 heavy (non-hydrogen) atoms. The van der Waals surface area contributed by atoms with Gasteiger partial charge in [-0.3, -0.25) is 14.9 Å². The van der Waals surface area contributed by atoms with Crippen molar-refractivity contribution < 1.29 is 24.3 Å². The standard InChI is InChI=1S/C23H19ClIN3O6/c1-2-33-21-10-14(9-19(25)22(21)34-13-15-5-3-4-6-18(15)24)12-26-27-23(30)17-11-16(28(31)32)7-8-20(17)29/h3-12,29H,2,13H2,1H3,(H,27,30)/b26-12-. The Morgan fingerprint density at radius 2 is 2.00 bits per heavy atom. The number of ether oxygens (including phenoxy) is 2. The molecule has 11 heteroatoms. The van der Waals surface area contributed by atoms with E-state index in [4.69, 9.17) is 21.1 Å². The zero-order valence-corrected chi connectivity index (χ0v) is 20.7. The molecular weight excluding hydrogens is 577 g/mol. The quantitative estimate of drug-likeness (QED) is 0.150. The Balaban J connectivity index is 1.76. The highest BCUT2D eigenvalue weighted by Crippen LogP contribution is 2.35. The number of nitro groups is 1. The predicted molar refractivity (Wildman–Crippen MR) is 136 cm³/mol. The minimum atomic E-state index is -0.795. The minimum absolute atomic E-state index is 0.256. The van der Waals surface area contributed by atoms with Crippen LogP contribution in [0.15, 0.2) is 59.7 Å². The fraction of sp³-hybridized carbons (Fsp3) is 0.130. The number of nitrogens with zero attached hydrogens (tertiary/aromatic N) is 2. The predicted octanol–water partition coefficient (Wildman–Crippen LogP) is 5.30. The number of non-ortho nitro benzene ring substituents is 1. The topological polar surface area (TPSA) is 123 Å². The zero-order chi connectivity index (χ0) is 24.7. The molecule has 0 heterocycles. The number of phenols is 1. The number of nitro benzene ring substituents is 1. The Bertz CT molecular complexity index is 1250. The van der Waals surface area contributed by atoms with E-state index in [2.05, 4.69) is 33.1 Å². The Morgan fingerprint density at radius 1 is 1.24 bits per heavy atom. The van der Waals surface area contributed by atoms with Crippen LogP contribution in [0.4, 0.5) is 5.69 Å². The van der Waals surface area contributed by atoms with Gasteiger partial charge in [0.25, 0.3) is 11.6 Å². The molecule has 3 aromatic carbocycles. The molecule has 3 aromatic rings. The van der Waals surface area contributed by atoms with Crippen molar-refractivity contribution in [3.8, 4) is 17.2 Å². The van der Waals surface area contributed by atoms with Gasteiger partial charge in [0, 0.05) is 22.7 Å². The van der Waals surface area contributed by atoms with Crippen LogP contribution >= 0.6 is 34.2 Å². The smallest absolute Gasteiger partial charge is 0.275 e. The average Bonchev–Trinajstić information content (AvgIpc) is 2.80. The number of nitrogens with one attached hydrogen (secondary N) is 1. The summed E-state index contributed by atoms with van der Waals surface area (Å²) in [5.74, 6) is -0.154. The van der Waals surface area contributed by atoms with Gasteiger partial charge in [-0.15, -0.1) is 0 Å². The van der Waals surface area contributed by atoms with Crippen LogP contribution in [0.3, 0.4) is 0 Å². The second-order valence-electron chi connectivity index (χ2n) is 6.80. The molecule has 0 fully saturated rings. The van der Waals surface area contributed by atoms with Crippen LogP contribution in [-0.2, 0) is 6.61 Å². The lowest BCUT2D eigenvalue weighted by Gasteiger charge is -2.15. The second kappa shape index (κ2) is 11.7. The molecule has 0 spiro atoms. The monoisotopic (exact) mass is 595 g/mol. The third kappa shape index (κ3) is 6.35. The van der Waals surface area contributed by atoms with Gasteiger partial charge in [0.05, 0.1) is 26.9 Å². The number of hydrogen-bond acceptors (Lipinski definition) is 7. The maximum atomic E-state index is 12.3. The molecule has 1 amide bonds. The largest absolute Gasteiger partial charge is 0.507 e. The maximum absolute atomic E-state index is 12.3. The Kier molecular flexibility index (Phi) is 8.66. The van der Waals surface area contributed by atoms with Gasteiger partial charge in [0.1, 0.15) is 12.4 Å². The number of hydrogen-bond donors (Lipinski definition) is 2. The van der Waals surface area contributed by atoms with Crippen molar-refractivity contribution in [3.05, 3.63) is 90.0 Å². The number of phenolic OH excluding ortho intramolecular Hbond substituents is 1. The van der Waals surface area contributed by atoms with Crippen molar-refractivity contribution in [2.24, 2.45) is 5.10 Å². The summed E-state index contributed by atoms with van der Waals surface area (Å²) in [7, 11) is 0. The lowest BCUT2D eigenvalue weighted by Crippen LogP contribution is -2.18. The lowest BCUT2D eigenvalue weighted by molar-refractivity contribution is -0.384. The molecular formula is C23H19ClIN3O6. The van der Waals surface area contributed by atoms with Crippen molar-refractivity contribution in [1.82, 2.24) is 5.43 Å². The van der Waals surface area contributed by atoms with Gasteiger partial charge >= 0.3 is 0 Å². The van der Waals surface area contributed by atoms with E-state index in [9.17, 15) is 20.0 Å². The van der Waals surface area contributed by atoms with Gasteiger partial charge in [-0.1, -0.05) is 29.8 Å². The molecule has 0 unspecified atom stereocenters. The first-order chi connectivity index (χ1) is 16.3. The Labute approximate surface area is 213 Å². The van der Waals surface area contributed by atoms with Crippen LogP contribution < -0.4 is 14.9 Å². The summed E-state index contributed by atoms with van der Waals surface area (Å²) in [4.78, 5) is 22.6. The van der Waals surface area contributed by atoms with E-state index in [1.54, 1.807) is 18.2 Å². The average molecular weight is 596 g/mol. The molecule has 0 aliphatic heterocycles. The van der Waals surface area contributed by atoms with E-state index in [0.29, 0.717) is 28.7 Å². The van der Waals surface area contributed by atoms with Gasteiger partial charge in [0.2, 0.25) is 0 Å². The van der Waals surface area contributed by atoms with Gasteiger partial charge in [0.15, 0.2) is 11.5 Å². The molecule has 2 N–H and O–H groups in total. The van der Waals surface area contributed by atoms with E-state index < -0.39 is 16.6 Å². The van der Waals surface area contributed by atoms with Gasteiger partial charge in [-0.05, 0) is 59.3 Å². The highest BCUT2D eigenvalue weighted by atomic mass is 127. The summed E-state index contributed by atoms with van der Waals surface area (Å²) < 4.78 is 12.4. The van der Waals surface area contributed by atoms with Crippen LogP contribution in [0.1, 0.15) is 28.4 Å². The summed E-state index contributed by atoms with van der Waals surface area (Å²) in [6, 6.07) is 14.0. The highest BCUT2D eigenvalue weighted by Gasteiger charge is 2.16. The van der Waals surface area contributed by atoms with Crippen LogP contribution in [-0.4, -0.2) is 28.8 Å². The molecule has 0 saturated heterocycles. The number of halogens is 2. The fourth-order valence-electron chi connectivity index (χ4n) is 2.88. The first kappa shape index (κ1) is 25.2. The Hall–Kier alpha value is -3.38. The van der Waals surface area contributed by atoms with Crippen LogP contribution in [0.5, 0.6) is 17.2 Å². The maximum Gasteiger partial charge on any atom is 0.275 e. The normalized spacial score (nSPS) is 10.8. The number of hydrazone groups is 1. The van der Waals surface area contributed by atoms with Crippen molar-refractivity contribution in [2.75, 3.05) is 6.61 Å². The van der Waals surface area contributed by atoms with Crippen LogP contribution in [0.2, 0.25) is 5.02 Å². The third-order valence-electron chi connectivity index (χ3n) is 4.48. The molecule has 0 aliphatic carbocycles. The first-order valence-corrected chi connectivity index (χ1v) is 11.4. The number of carbonyl (C=O) groups is 1. The van der Waals surface area contributed by atoms with E-state index in [1.807, 2.05) is 25.1 Å². The first-order valence-electron chi connectivity index (χ1n) is 9.93. The summed E-state index contributed by atoms with van der Waals surface area (Å²) in [6.07, 6.45) is 1.38. The van der Waals surface area contributed by atoms with E-state index in [0.717, 1.165) is 27.3 Å². The van der Waals surface area contributed by atoms with Crippen molar-refractivity contribution >= 4 is 52.0 Å². The number of carbonyl (C=O) groups excluding carboxylic acids is 1. The minimum Gasteiger partial charge on any atom is -0.507 e. The second-order valence-corrected chi connectivity index (χ2v) is 8.37. The van der Waals surface area contributed by atoms with Crippen molar-refractivity contribution in [2.45, 2.75) is 13.5 Å². The van der Waals surface area contributed by atoms with Gasteiger partial charge in [-0.2, -0.15) is 5.10 Å². The number of amides is 1. The summed E-state index contributed by atoms with van der Waals surface area (Å²) in [6.45, 7) is 2.51. The van der Waals surface area contributed by atoms with Crippen molar-refractivity contribution in [3.63, 3.8) is 0 Å². The molecule has 3 rings (SSSR count). The third-order valence-corrected chi connectivity index (χ3v) is 5.65. The molecule has 0 saturated carbocycles. The molecule has 0 bridgehead atoms. The zero-order valence-electron chi connectivity index (χ0n) is 17.8. The summed E-state index contributed by atoms with van der Waals surface area (Å²) >= 11 is 8.31. The molecule has 0 aliphatic rings. The molecule has 0 radical (unpaired) electrons. The van der Waals surface area contributed by atoms with Crippen LogP contribution in [0.25, 0.3) is 0 Å². The van der Waals surface area contributed by atoms with E-state index >= 15 is 0 Å². The number of rotatable bonds is 9. The Morgan fingerprint density at radius 3 is 2.71 bits per heavy atom. The SMILES string of the molecule is CCOc1cc(/C=N\NC(=O)c2cc([N+](=O)[O-])ccc2O)cc(I)c1OCc1ccccc1Cl. The van der Waals surface area contributed by atoms with Gasteiger partial charge in [-0.25, -0.2) is 5.43 Å². The lowest BCUT2D eigenvalue weighted by atomic mass is 10.1. The van der Waals surface area contributed by atoms with E-state index in [1.165, 1.54) is 6.21 Å². The van der Waals surface area contributed by atoms with Gasteiger partial charge < -0.3 is 14.6 Å². The molecule has 0 atom stereocenters. The highest BCUT2D eigenvalue weighted by molar-refractivity contribution is 14.1. The van der Waals surface area contributed by atoms with Crippen molar-refractivity contribution in [1.29, 1.82) is 0 Å².